The SMILES string of the molecule is C=CC(N)c1ccsc1Cl. The Morgan fingerprint density at radius 1 is 1.80 bits per heavy atom. The van der Waals surface area contributed by atoms with Crippen LogP contribution in [-0.2, 0) is 0 Å². The molecule has 54 valence electrons. The normalized spacial score (nSPS) is 13.0. The summed E-state index contributed by atoms with van der Waals surface area (Å²) in [6.45, 7) is 3.58. The smallest absolute Gasteiger partial charge is 0.0979 e. The molecular weight excluding hydrogens is 166 g/mol. The van der Waals surface area contributed by atoms with Crippen LogP contribution < -0.4 is 5.73 Å². The fourth-order valence-electron chi connectivity index (χ4n) is 0.670. The van der Waals surface area contributed by atoms with Crippen molar-refractivity contribution >= 4 is 22.9 Å². The van der Waals surface area contributed by atoms with Crippen molar-refractivity contribution in [2.45, 2.75) is 6.04 Å². The predicted octanol–water partition coefficient (Wildman–Crippen LogP) is 2.59. The van der Waals surface area contributed by atoms with Crippen LogP contribution in [0.15, 0.2) is 24.1 Å². The van der Waals surface area contributed by atoms with Gasteiger partial charge in [-0.05, 0) is 11.4 Å². The monoisotopic (exact) mass is 173 g/mol. The Morgan fingerprint density at radius 3 is 2.90 bits per heavy atom. The molecular formula is C7H8ClNS. The first-order valence-electron chi connectivity index (χ1n) is 2.86. The van der Waals surface area contributed by atoms with Crippen LogP contribution in [0.3, 0.4) is 0 Å². The molecule has 0 fully saturated rings. The third kappa shape index (κ3) is 1.40. The van der Waals surface area contributed by atoms with E-state index >= 15 is 0 Å². The van der Waals surface area contributed by atoms with Crippen LogP contribution in [0.1, 0.15) is 11.6 Å². The van der Waals surface area contributed by atoms with Crippen molar-refractivity contribution in [3.8, 4) is 0 Å². The van der Waals surface area contributed by atoms with Crippen molar-refractivity contribution in [3.63, 3.8) is 0 Å². The molecule has 2 N–H and O–H groups in total. The molecule has 10 heavy (non-hydrogen) atoms. The fourth-order valence-corrected chi connectivity index (χ4v) is 1.69. The third-order valence-corrected chi connectivity index (χ3v) is 2.46. The molecule has 0 amide bonds. The zero-order valence-corrected chi connectivity index (χ0v) is 6.95. The van der Waals surface area contributed by atoms with Gasteiger partial charge in [0.15, 0.2) is 0 Å². The van der Waals surface area contributed by atoms with Crippen LogP contribution in [0.4, 0.5) is 0 Å². The summed E-state index contributed by atoms with van der Waals surface area (Å²) in [6, 6.07) is 1.79. The van der Waals surface area contributed by atoms with Gasteiger partial charge in [-0.1, -0.05) is 17.7 Å². The summed E-state index contributed by atoms with van der Waals surface area (Å²) >= 11 is 7.29. The predicted molar refractivity (Wildman–Crippen MR) is 46.5 cm³/mol. The van der Waals surface area contributed by atoms with E-state index in [1.165, 1.54) is 11.3 Å². The second-order valence-electron chi connectivity index (χ2n) is 1.91. The van der Waals surface area contributed by atoms with Gasteiger partial charge >= 0.3 is 0 Å². The maximum Gasteiger partial charge on any atom is 0.0979 e. The van der Waals surface area contributed by atoms with Gasteiger partial charge in [0, 0.05) is 5.56 Å². The number of hydrogen-bond acceptors (Lipinski definition) is 2. The molecule has 1 heterocycles. The molecule has 1 nitrogen and oxygen atoms in total. The highest BCUT2D eigenvalue weighted by Crippen LogP contribution is 2.27. The average Bonchev–Trinajstić information content (AvgIpc) is 2.34. The van der Waals surface area contributed by atoms with Crippen LogP contribution in [0.5, 0.6) is 0 Å². The van der Waals surface area contributed by atoms with Crippen molar-refractivity contribution in [3.05, 3.63) is 34.0 Å². The maximum atomic E-state index is 5.80. The van der Waals surface area contributed by atoms with Crippen LogP contribution in [0.25, 0.3) is 0 Å². The van der Waals surface area contributed by atoms with Gasteiger partial charge in [0.2, 0.25) is 0 Å². The Balaban J connectivity index is 2.92. The number of thiophene rings is 1. The van der Waals surface area contributed by atoms with Crippen molar-refractivity contribution in [1.29, 1.82) is 0 Å². The lowest BCUT2D eigenvalue weighted by atomic mass is 10.2. The van der Waals surface area contributed by atoms with E-state index in [0.717, 1.165) is 9.90 Å². The first-order chi connectivity index (χ1) is 4.75. The molecule has 1 atom stereocenters. The Bertz CT molecular complexity index is 231. The van der Waals surface area contributed by atoms with Crippen LogP contribution in [0, 0.1) is 0 Å². The molecule has 1 rings (SSSR count). The summed E-state index contributed by atoms with van der Waals surface area (Å²) in [6.07, 6.45) is 1.67. The molecule has 1 aromatic rings. The average molecular weight is 174 g/mol. The summed E-state index contributed by atoms with van der Waals surface area (Å²) in [7, 11) is 0. The van der Waals surface area contributed by atoms with E-state index < -0.39 is 0 Å². The Hall–Kier alpha value is -0.310. The highest BCUT2D eigenvalue weighted by atomic mass is 35.5. The van der Waals surface area contributed by atoms with Crippen molar-refractivity contribution < 1.29 is 0 Å². The van der Waals surface area contributed by atoms with E-state index in [0.29, 0.717) is 0 Å². The van der Waals surface area contributed by atoms with E-state index in [1.54, 1.807) is 6.08 Å². The minimum atomic E-state index is -0.126. The largest absolute Gasteiger partial charge is 0.321 e. The number of nitrogens with two attached hydrogens (primary N) is 1. The van der Waals surface area contributed by atoms with Crippen molar-refractivity contribution in [1.82, 2.24) is 0 Å². The van der Waals surface area contributed by atoms with Crippen LogP contribution in [-0.4, -0.2) is 0 Å². The topological polar surface area (TPSA) is 26.0 Å². The fraction of sp³-hybridized carbons (Fsp3) is 0.143. The van der Waals surface area contributed by atoms with Gasteiger partial charge in [-0.3, -0.25) is 0 Å². The highest BCUT2D eigenvalue weighted by Gasteiger charge is 2.05. The van der Waals surface area contributed by atoms with Gasteiger partial charge in [-0.2, -0.15) is 0 Å². The Labute approximate surface area is 69.1 Å². The van der Waals surface area contributed by atoms with Gasteiger partial charge < -0.3 is 5.73 Å². The van der Waals surface area contributed by atoms with Gasteiger partial charge in [0.05, 0.1) is 10.4 Å². The summed E-state index contributed by atoms with van der Waals surface area (Å²) in [4.78, 5) is 0. The number of rotatable bonds is 2. The molecule has 0 spiro atoms. The highest BCUT2D eigenvalue weighted by molar-refractivity contribution is 7.14. The lowest BCUT2D eigenvalue weighted by Crippen LogP contribution is -2.04. The van der Waals surface area contributed by atoms with Gasteiger partial charge in [0.1, 0.15) is 0 Å². The van der Waals surface area contributed by atoms with E-state index in [9.17, 15) is 0 Å². The molecule has 0 aliphatic heterocycles. The molecule has 0 bridgehead atoms. The van der Waals surface area contributed by atoms with Crippen molar-refractivity contribution in [2.24, 2.45) is 5.73 Å². The second-order valence-corrected chi connectivity index (χ2v) is 3.43. The summed E-state index contributed by atoms with van der Waals surface area (Å²) in [5.74, 6) is 0. The van der Waals surface area contributed by atoms with E-state index in [4.69, 9.17) is 17.3 Å². The number of hydrogen-bond donors (Lipinski definition) is 1. The molecule has 3 heteroatoms. The standard InChI is InChI=1S/C7H8ClNS/c1-2-6(9)5-3-4-10-7(5)8/h2-4,6H,1,9H2. The van der Waals surface area contributed by atoms with Crippen LogP contribution >= 0.6 is 22.9 Å². The molecule has 0 aliphatic rings. The van der Waals surface area contributed by atoms with E-state index in [-0.39, 0.29) is 6.04 Å². The lowest BCUT2D eigenvalue weighted by molar-refractivity contribution is 0.921. The first kappa shape index (κ1) is 7.79. The third-order valence-electron chi connectivity index (χ3n) is 1.26. The summed E-state index contributed by atoms with van der Waals surface area (Å²) in [5, 5.41) is 1.92. The maximum absolute atomic E-state index is 5.80. The molecule has 0 aliphatic carbocycles. The Kier molecular flexibility index (Phi) is 2.49. The molecule has 0 radical (unpaired) electrons. The van der Waals surface area contributed by atoms with E-state index in [2.05, 4.69) is 6.58 Å². The molecule has 0 aromatic carbocycles. The summed E-state index contributed by atoms with van der Waals surface area (Å²) < 4.78 is 0.757. The first-order valence-corrected chi connectivity index (χ1v) is 4.12. The minimum Gasteiger partial charge on any atom is -0.321 e. The zero-order chi connectivity index (χ0) is 7.56. The van der Waals surface area contributed by atoms with Gasteiger partial charge in [-0.25, -0.2) is 0 Å². The van der Waals surface area contributed by atoms with Gasteiger partial charge in [0.25, 0.3) is 0 Å². The van der Waals surface area contributed by atoms with Crippen molar-refractivity contribution in [2.75, 3.05) is 0 Å². The summed E-state index contributed by atoms with van der Waals surface area (Å²) in [5.41, 5.74) is 6.60. The lowest BCUT2D eigenvalue weighted by Gasteiger charge is -2.01. The minimum absolute atomic E-state index is 0.126. The number of halogens is 1. The van der Waals surface area contributed by atoms with E-state index in [1.807, 2.05) is 11.4 Å². The zero-order valence-electron chi connectivity index (χ0n) is 5.38. The second kappa shape index (κ2) is 3.19. The van der Waals surface area contributed by atoms with Crippen LogP contribution in [0.2, 0.25) is 4.34 Å². The molecule has 1 aromatic heterocycles. The molecule has 0 saturated carbocycles. The quantitative estimate of drug-likeness (QED) is 0.684. The molecule has 1 unspecified atom stereocenters. The van der Waals surface area contributed by atoms with Gasteiger partial charge in [-0.15, -0.1) is 17.9 Å². The molecule has 0 saturated heterocycles. The Morgan fingerprint density at radius 2 is 2.50 bits per heavy atom.